The smallest absolute Gasteiger partial charge is 0.236 e. The Morgan fingerprint density at radius 2 is 1.67 bits per heavy atom. The molecular formula is C24H21FN2O5S. The molecule has 3 aromatic carbocycles. The third kappa shape index (κ3) is 4.98. The number of nitrogens with zero attached hydrogens (tertiary/aromatic N) is 1. The second kappa shape index (κ2) is 9.33. The second-order valence-electron chi connectivity index (χ2n) is 7.10. The lowest BCUT2D eigenvalue weighted by Gasteiger charge is -2.14. The van der Waals surface area contributed by atoms with E-state index < -0.39 is 15.8 Å². The van der Waals surface area contributed by atoms with Crippen molar-refractivity contribution >= 4 is 26.6 Å². The van der Waals surface area contributed by atoms with Crippen molar-refractivity contribution in [1.29, 1.82) is 0 Å². The van der Waals surface area contributed by atoms with Gasteiger partial charge in [-0.3, -0.25) is 9.71 Å². The topological polar surface area (TPSA) is 86.8 Å². The molecule has 0 bridgehead atoms. The largest absolute Gasteiger partial charge is 0.493 e. The predicted molar refractivity (Wildman–Crippen MR) is 124 cm³/mol. The van der Waals surface area contributed by atoms with Gasteiger partial charge in [0, 0.05) is 17.6 Å². The van der Waals surface area contributed by atoms with Gasteiger partial charge in [0.05, 0.1) is 25.7 Å². The number of methoxy groups -OCH3 is 2. The zero-order chi connectivity index (χ0) is 23.4. The molecule has 33 heavy (non-hydrogen) atoms. The molecule has 0 saturated carbocycles. The standard InChI is InChI=1S/C24H21FN2O5S/c1-30-22-11-9-18-20(12-13-26-23(18)24(22)31-2)32-21-10-8-17(14-19(21)25)27-33(28,29)15-16-6-4-3-5-7-16/h3-14,27H,15H2,1-2H3. The van der Waals surface area contributed by atoms with E-state index in [2.05, 4.69) is 9.71 Å². The van der Waals surface area contributed by atoms with E-state index in [-0.39, 0.29) is 17.2 Å². The van der Waals surface area contributed by atoms with Gasteiger partial charge in [0.2, 0.25) is 10.0 Å². The number of hydrogen-bond acceptors (Lipinski definition) is 6. The van der Waals surface area contributed by atoms with Crippen LogP contribution in [0.25, 0.3) is 10.9 Å². The van der Waals surface area contributed by atoms with E-state index in [4.69, 9.17) is 14.2 Å². The molecule has 0 saturated heterocycles. The van der Waals surface area contributed by atoms with Crippen molar-refractivity contribution in [2.24, 2.45) is 0 Å². The summed E-state index contributed by atoms with van der Waals surface area (Å²) in [5.74, 6) is 0.292. The number of anilines is 1. The highest BCUT2D eigenvalue weighted by Crippen LogP contribution is 2.39. The SMILES string of the molecule is COc1ccc2c(Oc3ccc(NS(=O)(=O)Cc4ccccc4)cc3F)ccnc2c1OC. The van der Waals surface area contributed by atoms with Crippen LogP contribution in [-0.2, 0) is 15.8 Å². The Labute approximate surface area is 190 Å². The lowest BCUT2D eigenvalue weighted by molar-refractivity contribution is 0.358. The maximum absolute atomic E-state index is 14.8. The molecule has 9 heteroatoms. The van der Waals surface area contributed by atoms with Crippen LogP contribution >= 0.6 is 0 Å². The first-order valence-electron chi connectivity index (χ1n) is 9.91. The van der Waals surface area contributed by atoms with Crippen molar-refractivity contribution in [3.05, 3.63) is 84.3 Å². The molecule has 4 rings (SSSR count). The fraction of sp³-hybridized carbons (Fsp3) is 0.125. The summed E-state index contributed by atoms with van der Waals surface area (Å²) in [6.07, 6.45) is 1.52. The first kappa shape index (κ1) is 22.3. The van der Waals surface area contributed by atoms with Crippen molar-refractivity contribution in [1.82, 2.24) is 4.98 Å². The molecule has 4 aromatic rings. The quantitative estimate of drug-likeness (QED) is 0.386. The van der Waals surface area contributed by atoms with Gasteiger partial charge in [-0.2, -0.15) is 0 Å². The highest BCUT2D eigenvalue weighted by molar-refractivity contribution is 7.91. The Morgan fingerprint density at radius 3 is 2.36 bits per heavy atom. The molecule has 1 N–H and O–H groups in total. The maximum Gasteiger partial charge on any atom is 0.236 e. The van der Waals surface area contributed by atoms with E-state index >= 15 is 0 Å². The number of aromatic nitrogens is 1. The maximum atomic E-state index is 14.8. The van der Waals surface area contributed by atoms with Crippen LogP contribution in [0.3, 0.4) is 0 Å². The number of hydrogen-bond donors (Lipinski definition) is 1. The van der Waals surface area contributed by atoms with Crippen LogP contribution in [0.15, 0.2) is 72.9 Å². The number of halogens is 1. The Kier molecular flexibility index (Phi) is 6.32. The number of ether oxygens (including phenoxy) is 3. The highest BCUT2D eigenvalue weighted by Gasteiger charge is 2.16. The average Bonchev–Trinajstić information content (AvgIpc) is 2.80. The Balaban J connectivity index is 1.57. The summed E-state index contributed by atoms with van der Waals surface area (Å²) in [6, 6.07) is 17.7. The summed E-state index contributed by atoms with van der Waals surface area (Å²) in [5.41, 5.74) is 1.23. The van der Waals surface area contributed by atoms with Crippen molar-refractivity contribution < 1.29 is 27.0 Å². The molecule has 0 aliphatic carbocycles. The molecule has 0 spiro atoms. The molecule has 7 nitrogen and oxygen atoms in total. The van der Waals surface area contributed by atoms with Crippen LogP contribution < -0.4 is 18.9 Å². The number of sulfonamides is 1. The van der Waals surface area contributed by atoms with Crippen LogP contribution in [0.2, 0.25) is 0 Å². The third-order valence-corrected chi connectivity index (χ3v) is 6.10. The minimum atomic E-state index is -3.71. The molecule has 1 heterocycles. The van der Waals surface area contributed by atoms with Gasteiger partial charge in [-0.25, -0.2) is 12.8 Å². The number of rotatable bonds is 8. The van der Waals surface area contributed by atoms with E-state index in [1.807, 2.05) is 0 Å². The van der Waals surface area contributed by atoms with Crippen LogP contribution in [0, 0.1) is 5.82 Å². The van der Waals surface area contributed by atoms with Crippen molar-refractivity contribution in [3.63, 3.8) is 0 Å². The minimum absolute atomic E-state index is 0.0664. The zero-order valence-electron chi connectivity index (χ0n) is 17.9. The summed E-state index contributed by atoms with van der Waals surface area (Å²) in [7, 11) is -0.684. The summed E-state index contributed by atoms with van der Waals surface area (Å²) < 4.78 is 58.5. The summed E-state index contributed by atoms with van der Waals surface area (Å²) in [6.45, 7) is 0. The Bertz CT molecular complexity index is 1400. The highest BCUT2D eigenvalue weighted by atomic mass is 32.2. The predicted octanol–water partition coefficient (Wildman–Crippen LogP) is 5.13. The summed E-state index contributed by atoms with van der Waals surface area (Å²) in [5, 5.41) is 0.599. The average molecular weight is 469 g/mol. The number of fused-ring (bicyclic) bond motifs is 1. The van der Waals surface area contributed by atoms with Crippen LogP contribution in [0.1, 0.15) is 5.56 Å². The van der Waals surface area contributed by atoms with Gasteiger partial charge in [-0.15, -0.1) is 0 Å². The molecule has 0 aliphatic heterocycles. The number of nitrogens with one attached hydrogen (secondary N) is 1. The Hall–Kier alpha value is -3.85. The fourth-order valence-electron chi connectivity index (χ4n) is 3.37. The lowest BCUT2D eigenvalue weighted by atomic mass is 10.1. The Morgan fingerprint density at radius 1 is 0.909 bits per heavy atom. The normalized spacial score (nSPS) is 11.2. The van der Waals surface area contributed by atoms with Crippen LogP contribution in [0.5, 0.6) is 23.0 Å². The monoisotopic (exact) mass is 468 g/mol. The third-order valence-electron chi connectivity index (χ3n) is 4.84. The van der Waals surface area contributed by atoms with Gasteiger partial charge in [0.15, 0.2) is 23.1 Å². The molecule has 1 aromatic heterocycles. The first-order chi connectivity index (χ1) is 15.9. The summed E-state index contributed by atoms with van der Waals surface area (Å²) >= 11 is 0. The fourth-order valence-corrected chi connectivity index (χ4v) is 4.56. The molecule has 0 atom stereocenters. The van der Waals surface area contributed by atoms with E-state index in [0.29, 0.717) is 33.7 Å². The van der Waals surface area contributed by atoms with E-state index in [1.165, 1.54) is 32.5 Å². The van der Waals surface area contributed by atoms with Crippen molar-refractivity contribution in [2.45, 2.75) is 5.75 Å². The van der Waals surface area contributed by atoms with E-state index in [9.17, 15) is 12.8 Å². The van der Waals surface area contributed by atoms with Crippen molar-refractivity contribution in [2.75, 3.05) is 18.9 Å². The second-order valence-corrected chi connectivity index (χ2v) is 8.82. The minimum Gasteiger partial charge on any atom is -0.493 e. The molecule has 0 unspecified atom stereocenters. The number of pyridine rings is 1. The van der Waals surface area contributed by atoms with Crippen LogP contribution in [0.4, 0.5) is 10.1 Å². The molecule has 0 amide bonds. The molecule has 0 radical (unpaired) electrons. The van der Waals surface area contributed by atoms with Gasteiger partial charge in [0.1, 0.15) is 11.3 Å². The van der Waals surface area contributed by atoms with Crippen LogP contribution in [-0.4, -0.2) is 27.6 Å². The van der Waals surface area contributed by atoms with Gasteiger partial charge >= 0.3 is 0 Å². The van der Waals surface area contributed by atoms with Gasteiger partial charge in [-0.1, -0.05) is 30.3 Å². The van der Waals surface area contributed by atoms with E-state index in [1.54, 1.807) is 48.5 Å². The zero-order valence-corrected chi connectivity index (χ0v) is 18.7. The summed E-state index contributed by atoms with van der Waals surface area (Å²) in [4.78, 5) is 4.32. The van der Waals surface area contributed by atoms with Gasteiger partial charge in [-0.05, 0) is 35.9 Å². The lowest BCUT2D eigenvalue weighted by Crippen LogP contribution is -2.15. The molecule has 0 aliphatic rings. The van der Waals surface area contributed by atoms with Gasteiger partial charge in [0.25, 0.3) is 0 Å². The molecule has 170 valence electrons. The van der Waals surface area contributed by atoms with Gasteiger partial charge < -0.3 is 14.2 Å². The molecule has 0 fully saturated rings. The van der Waals surface area contributed by atoms with Crippen molar-refractivity contribution in [3.8, 4) is 23.0 Å². The molecular weight excluding hydrogens is 447 g/mol. The first-order valence-corrected chi connectivity index (χ1v) is 11.6. The number of benzene rings is 3. The van der Waals surface area contributed by atoms with E-state index in [0.717, 1.165) is 6.07 Å².